The highest BCUT2D eigenvalue weighted by atomic mass is 16.7. The van der Waals surface area contributed by atoms with Gasteiger partial charge in [0.25, 0.3) is 0 Å². The molecule has 0 radical (unpaired) electrons. The normalized spacial score (nSPS) is 44.9. The van der Waals surface area contributed by atoms with Crippen LogP contribution in [0.3, 0.4) is 0 Å². The van der Waals surface area contributed by atoms with Crippen molar-refractivity contribution in [3.8, 4) is 0 Å². The van der Waals surface area contributed by atoms with Crippen LogP contribution < -0.4 is 0 Å². The van der Waals surface area contributed by atoms with E-state index >= 15 is 0 Å². The second-order valence-corrected chi connectivity index (χ2v) is 6.00. The Bertz CT molecular complexity index is 477. The first-order valence-corrected chi connectivity index (χ1v) is 7.89. The lowest BCUT2D eigenvalue weighted by Crippen LogP contribution is -2.60. The number of rotatable bonds is 6. The van der Waals surface area contributed by atoms with Gasteiger partial charge in [-0.25, -0.2) is 0 Å². The topological polar surface area (TPSA) is 197 Å². The number of hydroxylamine groups is 1. The molecule has 2 rings (SSSR count). The maximum Gasteiger partial charge on any atom is 0.203 e. The van der Waals surface area contributed by atoms with Crippen LogP contribution in [-0.2, 0) is 18.9 Å². The summed E-state index contributed by atoms with van der Waals surface area (Å²) in [5.74, 6) is 0. The number of hydrogen-bond acceptors (Lipinski definition) is 12. The monoisotopic (exact) mass is 384 g/mol. The van der Waals surface area contributed by atoms with Gasteiger partial charge in [-0.15, -0.1) is 0 Å². The molecule has 2 fully saturated rings. The molecule has 1 unspecified atom stereocenters. The Morgan fingerprint density at radius 2 is 1.62 bits per heavy atom. The molecule has 0 aromatic rings. The fourth-order valence-corrected chi connectivity index (χ4v) is 2.50. The van der Waals surface area contributed by atoms with E-state index in [4.69, 9.17) is 18.9 Å². The molecule has 0 saturated carbocycles. The predicted molar refractivity (Wildman–Crippen MR) is 78.3 cm³/mol. The van der Waals surface area contributed by atoms with E-state index in [-0.39, 0.29) is 11.5 Å². The predicted octanol–water partition coefficient (Wildman–Crippen LogP) is -4.18. The highest BCUT2D eigenvalue weighted by Crippen LogP contribution is 2.24. The molecule has 13 heteroatoms. The van der Waals surface area contributed by atoms with Crippen LogP contribution in [-0.4, -0.2) is 118 Å². The molecule has 6 N–H and O–H groups in total. The Morgan fingerprint density at radius 1 is 0.962 bits per heavy atom. The molecule has 0 spiro atoms. The summed E-state index contributed by atoms with van der Waals surface area (Å²) in [5.41, 5.74) is 0. The zero-order valence-corrected chi connectivity index (χ0v) is 13.9. The zero-order chi connectivity index (χ0) is 19.4. The Hall–Kier alpha value is -1.00. The first-order valence-electron chi connectivity index (χ1n) is 7.89. The van der Waals surface area contributed by atoms with Gasteiger partial charge in [0.15, 0.2) is 19.6 Å². The first kappa shape index (κ1) is 21.3. The summed E-state index contributed by atoms with van der Waals surface area (Å²) in [7, 11) is 1.12. The number of aliphatic hydroxyl groups excluding tert-OH is 6. The van der Waals surface area contributed by atoms with Crippen LogP contribution in [0.2, 0.25) is 0 Å². The Labute approximate surface area is 148 Å². The molecule has 0 aliphatic carbocycles. The van der Waals surface area contributed by atoms with Gasteiger partial charge in [0.1, 0.15) is 42.7 Å². The van der Waals surface area contributed by atoms with Crippen LogP contribution in [0.5, 0.6) is 0 Å². The van der Waals surface area contributed by atoms with Crippen LogP contribution in [0.15, 0.2) is 5.11 Å². The van der Waals surface area contributed by atoms with Gasteiger partial charge in [-0.2, -0.15) is 0 Å². The molecule has 13 nitrogen and oxygen atoms in total. The number of ether oxygens (including phenoxy) is 4. The average molecular weight is 384 g/mol. The van der Waals surface area contributed by atoms with Crippen molar-refractivity contribution in [1.29, 1.82) is 0 Å². The Balaban J connectivity index is 1.91. The van der Waals surface area contributed by atoms with Crippen molar-refractivity contribution in [1.82, 2.24) is 0 Å². The summed E-state index contributed by atoms with van der Waals surface area (Å²) in [6.07, 6.45) is -12.9. The molecule has 2 heterocycles. The maximum absolute atomic E-state index is 10.7. The van der Waals surface area contributed by atoms with E-state index in [0.29, 0.717) is 0 Å². The van der Waals surface area contributed by atoms with Crippen LogP contribution >= 0.6 is 0 Å². The second-order valence-electron chi connectivity index (χ2n) is 6.00. The van der Waals surface area contributed by atoms with Crippen molar-refractivity contribution in [3.63, 3.8) is 0 Å². The van der Waals surface area contributed by atoms with Gasteiger partial charge in [-0.05, 0) is 5.11 Å². The van der Waals surface area contributed by atoms with E-state index < -0.39 is 68.6 Å². The molecule has 2 aliphatic heterocycles. The standard InChI is InChI=1S/C13H24N2O11/c1-15(22)14-4-25-13-11(21)9(19)8(18)6(26-13)3-24-12-10(20)7(17)5(16)2-23-12/h5-13,16-21H,2-4H2,1H3/b15-14+/t5-,6-,7+,8-,9+,10-,11-,12+,13?/m1/s1. The third kappa shape index (κ3) is 5.04. The smallest absolute Gasteiger partial charge is 0.203 e. The highest BCUT2D eigenvalue weighted by Gasteiger charge is 2.45. The quantitative estimate of drug-likeness (QED) is 0.148. The van der Waals surface area contributed by atoms with E-state index in [1.54, 1.807) is 0 Å². The molecule has 0 aromatic carbocycles. The van der Waals surface area contributed by atoms with Crippen molar-refractivity contribution >= 4 is 0 Å². The zero-order valence-electron chi connectivity index (χ0n) is 13.9. The van der Waals surface area contributed by atoms with E-state index in [1.165, 1.54) is 0 Å². The number of azo groups is 1. The largest absolute Gasteiger partial charge is 0.600 e. The summed E-state index contributed by atoms with van der Waals surface area (Å²) in [6.45, 7) is -1.12. The van der Waals surface area contributed by atoms with Crippen molar-refractivity contribution in [2.45, 2.75) is 55.3 Å². The molecular formula is C13H24N2O11. The third-order valence-corrected chi connectivity index (χ3v) is 4.04. The number of hydrogen-bond donors (Lipinski definition) is 6. The molecule has 152 valence electrons. The third-order valence-electron chi connectivity index (χ3n) is 4.04. The lowest BCUT2D eigenvalue weighted by Gasteiger charge is -2.41. The van der Waals surface area contributed by atoms with E-state index in [9.17, 15) is 35.8 Å². The van der Waals surface area contributed by atoms with Gasteiger partial charge >= 0.3 is 0 Å². The highest BCUT2D eigenvalue weighted by molar-refractivity contribution is 4.90. The summed E-state index contributed by atoms with van der Waals surface area (Å²) in [6, 6.07) is 0. The molecule has 26 heavy (non-hydrogen) atoms. The Morgan fingerprint density at radius 3 is 2.27 bits per heavy atom. The maximum atomic E-state index is 10.7. The van der Waals surface area contributed by atoms with Gasteiger partial charge in [-0.3, -0.25) is 0 Å². The molecule has 0 bridgehead atoms. The van der Waals surface area contributed by atoms with Gasteiger partial charge in [-0.1, -0.05) is 4.86 Å². The summed E-state index contributed by atoms with van der Waals surface area (Å²) in [5, 5.41) is 72.5. The van der Waals surface area contributed by atoms with Crippen molar-refractivity contribution in [2.75, 3.05) is 27.0 Å². The van der Waals surface area contributed by atoms with Crippen LogP contribution in [0.1, 0.15) is 0 Å². The minimum Gasteiger partial charge on any atom is -0.600 e. The Kier molecular flexibility index (Phi) is 7.60. The van der Waals surface area contributed by atoms with Gasteiger partial charge in [0.2, 0.25) is 6.73 Å². The fraction of sp³-hybridized carbons (Fsp3) is 1.00. The first-order chi connectivity index (χ1) is 12.2. The average Bonchev–Trinajstić information content (AvgIpc) is 2.60. The summed E-state index contributed by atoms with van der Waals surface area (Å²) >= 11 is 0. The molecule has 2 saturated heterocycles. The minimum atomic E-state index is -1.63. The van der Waals surface area contributed by atoms with E-state index in [1.807, 2.05) is 0 Å². The second kappa shape index (κ2) is 9.27. The van der Waals surface area contributed by atoms with E-state index in [2.05, 4.69) is 5.11 Å². The van der Waals surface area contributed by atoms with Crippen LogP contribution in [0.25, 0.3) is 0 Å². The van der Waals surface area contributed by atoms with Crippen molar-refractivity contribution in [2.24, 2.45) is 5.11 Å². The number of aliphatic hydroxyl groups is 6. The number of nitrogens with zero attached hydrogens (tertiary/aromatic N) is 2. The fourth-order valence-electron chi connectivity index (χ4n) is 2.50. The SMILES string of the molecule is C/[N+]([O-])=N\COC1O[C@H](CO[C@@H]2OC[C@@H](O)[C@H](O)[C@H]2O)[C@@H](O)[C@H](O)[C@H]1O. The summed E-state index contributed by atoms with van der Waals surface area (Å²) in [4.78, 5) is 0.239. The lowest BCUT2D eigenvalue weighted by molar-refractivity contribution is -0.505. The molecular weight excluding hydrogens is 360 g/mol. The molecule has 9 atom stereocenters. The summed E-state index contributed by atoms with van der Waals surface area (Å²) < 4.78 is 20.6. The molecule has 0 amide bonds. The molecule has 0 aromatic heterocycles. The van der Waals surface area contributed by atoms with Gasteiger partial charge < -0.3 is 54.8 Å². The van der Waals surface area contributed by atoms with Crippen molar-refractivity contribution < 1.29 is 54.4 Å². The van der Waals surface area contributed by atoms with Gasteiger partial charge in [0.05, 0.1) is 13.2 Å². The minimum absolute atomic E-state index is 0.239. The van der Waals surface area contributed by atoms with Crippen LogP contribution in [0.4, 0.5) is 0 Å². The lowest BCUT2D eigenvalue weighted by atomic mass is 9.99. The van der Waals surface area contributed by atoms with Crippen LogP contribution in [0, 0.1) is 5.21 Å². The van der Waals surface area contributed by atoms with Crippen molar-refractivity contribution in [3.05, 3.63) is 5.21 Å². The van der Waals surface area contributed by atoms with E-state index in [0.717, 1.165) is 7.05 Å². The molecule has 2 aliphatic rings. The van der Waals surface area contributed by atoms with Gasteiger partial charge in [0, 0.05) is 0 Å².